The van der Waals surface area contributed by atoms with Crippen molar-refractivity contribution in [2.75, 3.05) is 0 Å². The second-order valence-corrected chi connectivity index (χ2v) is 5.32. The Morgan fingerprint density at radius 2 is 2.05 bits per heavy atom. The first-order chi connectivity index (χ1) is 9.54. The highest BCUT2D eigenvalue weighted by Gasteiger charge is 2.18. The zero-order valence-electron chi connectivity index (χ0n) is 10.5. The van der Waals surface area contributed by atoms with Crippen LogP contribution in [0.15, 0.2) is 45.3 Å². The summed E-state index contributed by atoms with van der Waals surface area (Å²) >= 11 is 3.15. The third-order valence-electron chi connectivity index (χ3n) is 2.91. The molecule has 2 heterocycles. The summed E-state index contributed by atoms with van der Waals surface area (Å²) in [5.74, 6) is -1.00. The Hall–Kier alpha value is -2.01. The molecule has 2 aromatic heterocycles. The van der Waals surface area contributed by atoms with Crippen LogP contribution in [0.2, 0.25) is 0 Å². The molecule has 0 atom stereocenters. The van der Waals surface area contributed by atoms with Gasteiger partial charge in [-0.2, -0.15) is 0 Å². The highest BCUT2D eigenvalue weighted by molar-refractivity contribution is 9.10. The lowest BCUT2D eigenvalue weighted by atomic mass is 10.1. The van der Waals surface area contributed by atoms with E-state index in [0.717, 1.165) is 5.69 Å². The Bertz CT molecular complexity index is 826. The summed E-state index contributed by atoms with van der Waals surface area (Å²) in [6.45, 7) is 1.85. The highest BCUT2D eigenvalue weighted by atomic mass is 79.9. The Balaban J connectivity index is 2.08. The minimum absolute atomic E-state index is 0.0241. The van der Waals surface area contributed by atoms with Gasteiger partial charge in [0, 0.05) is 16.2 Å². The normalized spacial score (nSPS) is 10.9. The van der Waals surface area contributed by atoms with Crippen molar-refractivity contribution in [2.24, 2.45) is 0 Å². The van der Waals surface area contributed by atoms with Gasteiger partial charge in [0.25, 0.3) is 0 Å². The van der Waals surface area contributed by atoms with Gasteiger partial charge in [0.05, 0.1) is 5.56 Å². The van der Waals surface area contributed by atoms with Gasteiger partial charge in [0.2, 0.25) is 5.78 Å². The monoisotopic (exact) mass is 333 g/mol. The highest BCUT2D eigenvalue weighted by Crippen LogP contribution is 2.23. The Morgan fingerprint density at radius 1 is 1.25 bits per heavy atom. The number of furan rings is 1. The second-order valence-electron chi connectivity index (χ2n) is 4.40. The van der Waals surface area contributed by atoms with Crippen LogP contribution in [0.4, 0.5) is 4.39 Å². The van der Waals surface area contributed by atoms with E-state index in [-0.39, 0.29) is 11.3 Å². The van der Waals surface area contributed by atoms with Gasteiger partial charge in [-0.1, -0.05) is 15.9 Å². The maximum Gasteiger partial charge on any atom is 0.231 e. The third-order valence-corrected chi connectivity index (χ3v) is 3.41. The topological polar surface area (TPSA) is 43.1 Å². The molecule has 0 radical (unpaired) electrons. The maximum absolute atomic E-state index is 13.8. The van der Waals surface area contributed by atoms with Crippen LogP contribution in [0.25, 0.3) is 11.1 Å². The molecular weight excluding hydrogens is 325 g/mol. The molecule has 3 aromatic rings. The minimum Gasteiger partial charge on any atom is -0.451 e. The van der Waals surface area contributed by atoms with Crippen LogP contribution in [-0.4, -0.2) is 10.8 Å². The van der Waals surface area contributed by atoms with E-state index in [1.165, 1.54) is 18.2 Å². The van der Waals surface area contributed by atoms with E-state index in [9.17, 15) is 9.18 Å². The number of carbonyl (C=O) groups is 1. The number of hydrogen-bond donors (Lipinski definition) is 0. The first-order valence-electron chi connectivity index (χ1n) is 5.91. The fourth-order valence-electron chi connectivity index (χ4n) is 1.94. The summed E-state index contributed by atoms with van der Waals surface area (Å²) in [6, 6.07) is 9.35. The minimum atomic E-state index is -0.589. The van der Waals surface area contributed by atoms with E-state index in [4.69, 9.17) is 4.42 Å². The predicted octanol–water partition coefficient (Wildman–Crippen LogP) is 4.27. The first kappa shape index (κ1) is 13.0. The molecular formula is C15H9BrFNO2. The van der Waals surface area contributed by atoms with Crippen LogP contribution in [0.5, 0.6) is 0 Å². The molecule has 100 valence electrons. The number of ketones is 1. The molecule has 0 fully saturated rings. The van der Waals surface area contributed by atoms with Crippen molar-refractivity contribution >= 4 is 32.8 Å². The lowest BCUT2D eigenvalue weighted by Gasteiger charge is -2.00. The van der Waals surface area contributed by atoms with Crippen LogP contribution in [-0.2, 0) is 0 Å². The van der Waals surface area contributed by atoms with Gasteiger partial charge in [-0.15, -0.1) is 0 Å². The lowest BCUT2D eigenvalue weighted by molar-refractivity contribution is 0.101. The molecule has 0 bridgehead atoms. The molecule has 5 heteroatoms. The number of aromatic nitrogens is 1. The SMILES string of the molecule is Cc1ccc2oc(C(=O)c3ccc(Br)cc3F)cc2n1. The number of pyridine rings is 1. The van der Waals surface area contributed by atoms with Gasteiger partial charge in [-0.25, -0.2) is 9.37 Å². The molecule has 0 amide bonds. The molecule has 0 spiro atoms. The third kappa shape index (κ3) is 2.25. The average Bonchev–Trinajstić information content (AvgIpc) is 2.81. The fraction of sp³-hybridized carbons (Fsp3) is 0.0667. The second kappa shape index (κ2) is 4.83. The van der Waals surface area contributed by atoms with Crippen LogP contribution in [0, 0.1) is 12.7 Å². The Morgan fingerprint density at radius 3 is 2.80 bits per heavy atom. The first-order valence-corrected chi connectivity index (χ1v) is 6.71. The van der Waals surface area contributed by atoms with Crippen LogP contribution in [0.3, 0.4) is 0 Å². The number of rotatable bonds is 2. The molecule has 0 N–H and O–H groups in total. The number of hydrogen-bond acceptors (Lipinski definition) is 3. The van der Waals surface area contributed by atoms with E-state index < -0.39 is 11.6 Å². The molecule has 20 heavy (non-hydrogen) atoms. The summed E-state index contributed by atoms with van der Waals surface area (Å²) in [5.41, 5.74) is 1.90. The summed E-state index contributed by atoms with van der Waals surface area (Å²) in [4.78, 5) is 16.5. The van der Waals surface area contributed by atoms with Crippen molar-refractivity contribution in [3.63, 3.8) is 0 Å². The maximum atomic E-state index is 13.8. The van der Waals surface area contributed by atoms with Gasteiger partial charge in [-0.3, -0.25) is 4.79 Å². The molecule has 0 aliphatic carbocycles. The van der Waals surface area contributed by atoms with Crippen molar-refractivity contribution in [3.8, 4) is 0 Å². The van der Waals surface area contributed by atoms with Crippen LogP contribution < -0.4 is 0 Å². The summed E-state index contributed by atoms with van der Waals surface area (Å²) in [5, 5.41) is 0. The Labute approximate surface area is 122 Å². The van der Waals surface area contributed by atoms with E-state index >= 15 is 0 Å². The molecule has 3 nitrogen and oxygen atoms in total. The number of halogens is 2. The molecule has 0 unspecified atom stereocenters. The Kier molecular flexibility index (Phi) is 3.14. The molecule has 0 saturated heterocycles. The number of fused-ring (bicyclic) bond motifs is 1. The average molecular weight is 334 g/mol. The van der Waals surface area contributed by atoms with Crippen molar-refractivity contribution in [1.82, 2.24) is 4.98 Å². The van der Waals surface area contributed by atoms with Gasteiger partial charge in [0.1, 0.15) is 11.3 Å². The number of carbonyl (C=O) groups excluding carboxylic acids is 1. The quantitative estimate of drug-likeness (QED) is 0.658. The predicted molar refractivity (Wildman–Crippen MR) is 76.3 cm³/mol. The summed E-state index contributed by atoms with van der Waals surface area (Å²) in [6.07, 6.45) is 0. The number of benzene rings is 1. The standard InChI is InChI=1S/C15H9BrFNO2/c1-8-2-5-13-12(18-8)7-14(20-13)15(19)10-4-3-9(16)6-11(10)17/h2-7H,1H3. The molecule has 0 aliphatic rings. The van der Waals surface area contributed by atoms with Crippen molar-refractivity contribution in [1.29, 1.82) is 0 Å². The van der Waals surface area contributed by atoms with Gasteiger partial charge >= 0.3 is 0 Å². The lowest BCUT2D eigenvalue weighted by Crippen LogP contribution is -2.02. The van der Waals surface area contributed by atoms with Crippen molar-refractivity contribution in [2.45, 2.75) is 6.92 Å². The number of nitrogens with zero attached hydrogens (tertiary/aromatic N) is 1. The van der Waals surface area contributed by atoms with Gasteiger partial charge in [-0.05, 0) is 37.3 Å². The number of aryl methyl sites for hydroxylation is 1. The van der Waals surface area contributed by atoms with Crippen LogP contribution >= 0.6 is 15.9 Å². The molecule has 0 aliphatic heterocycles. The summed E-state index contributed by atoms with van der Waals surface area (Å²) < 4.78 is 19.8. The van der Waals surface area contributed by atoms with Crippen LogP contribution in [0.1, 0.15) is 21.8 Å². The molecule has 1 aromatic carbocycles. The van der Waals surface area contributed by atoms with Crippen molar-refractivity contribution in [3.05, 3.63) is 63.7 Å². The van der Waals surface area contributed by atoms with E-state index in [1.807, 2.05) is 6.92 Å². The summed E-state index contributed by atoms with van der Waals surface area (Å²) in [7, 11) is 0. The smallest absolute Gasteiger partial charge is 0.231 e. The largest absolute Gasteiger partial charge is 0.451 e. The van der Waals surface area contributed by atoms with E-state index in [2.05, 4.69) is 20.9 Å². The van der Waals surface area contributed by atoms with Crippen molar-refractivity contribution < 1.29 is 13.6 Å². The van der Waals surface area contributed by atoms with Gasteiger partial charge < -0.3 is 4.42 Å². The van der Waals surface area contributed by atoms with Gasteiger partial charge in [0.15, 0.2) is 11.3 Å². The fourth-order valence-corrected chi connectivity index (χ4v) is 2.28. The zero-order chi connectivity index (χ0) is 14.3. The zero-order valence-corrected chi connectivity index (χ0v) is 12.1. The van der Waals surface area contributed by atoms with E-state index in [1.54, 1.807) is 18.2 Å². The molecule has 3 rings (SSSR count). The van der Waals surface area contributed by atoms with E-state index in [0.29, 0.717) is 15.6 Å². The molecule has 0 saturated carbocycles.